The van der Waals surface area contributed by atoms with Gasteiger partial charge in [-0.1, -0.05) is 0 Å². The molecule has 0 aromatic carbocycles. The van der Waals surface area contributed by atoms with E-state index in [1.807, 2.05) is 0 Å². The van der Waals surface area contributed by atoms with Crippen molar-refractivity contribution in [3.05, 3.63) is 11.1 Å². The van der Waals surface area contributed by atoms with Crippen molar-refractivity contribution in [2.75, 3.05) is 0 Å². The number of allylic oxidation sites excluding steroid dienone is 1. The Morgan fingerprint density at radius 3 is 1.73 bits per heavy atom. The summed E-state index contributed by atoms with van der Waals surface area (Å²) < 4.78 is 35.2. The molecule has 0 aliphatic carbocycles. The minimum absolute atomic E-state index is 0.669. The second-order valence-corrected chi connectivity index (χ2v) is 2.05. The van der Waals surface area contributed by atoms with Gasteiger partial charge in [0.1, 0.15) is 0 Å². The Balaban J connectivity index is 4.82. The number of hydrogen-bond donors (Lipinski definition) is 1. The van der Waals surface area contributed by atoms with Crippen LogP contribution in [0, 0.1) is 0 Å². The van der Waals surface area contributed by atoms with E-state index in [1.54, 1.807) is 0 Å². The molecule has 1 N–H and O–H groups in total. The molecule has 0 heterocycles. The predicted octanol–water partition coefficient (Wildman–Crippen LogP) is 1.97. The van der Waals surface area contributed by atoms with Crippen molar-refractivity contribution >= 4 is 5.97 Å². The maximum absolute atomic E-state index is 11.7. The zero-order chi connectivity index (χ0) is 9.23. The Labute approximate surface area is 61.3 Å². The van der Waals surface area contributed by atoms with Gasteiger partial charge >= 0.3 is 12.1 Å². The monoisotopic (exact) mass is 168 g/mol. The lowest BCUT2D eigenvalue weighted by Gasteiger charge is -2.07. The van der Waals surface area contributed by atoms with Crippen molar-refractivity contribution in [1.82, 2.24) is 0 Å². The van der Waals surface area contributed by atoms with Crippen molar-refractivity contribution < 1.29 is 23.1 Å². The van der Waals surface area contributed by atoms with Crippen LogP contribution >= 0.6 is 0 Å². The second kappa shape index (κ2) is 2.94. The summed E-state index contributed by atoms with van der Waals surface area (Å²) in [5.41, 5.74) is -1.73. The smallest absolute Gasteiger partial charge is 0.412 e. The molecule has 0 radical (unpaired) electrons. The van der Waals surface area contributed by atoms with Gasteiger partial charge < -0.3 is 5.11 Å². The summed E-state index contributed by atoms with van der Waals surface area (Å²) >= 11 is 0. The maximum Gasteiger partial charge on any atom is 0.412 e. The van der Waals surface area contributed by atoms with Gasteiger partial charge in [0.25, 0.3) is 0 Å². The van der Waals surface area contributed by atoms with E-state index in [4.69, 9.17) is 5.11 Å². The molecule has 0 aliphatic heterocycles. The average molecular weight is 168 g/mol. The molecule has 64 valence electrons. The quantitative estimate of drug-likeness (QED) is 0.607. The normalized spacial score (nSPS) is 14.3. The lowest BCUT2D eigenvalue weighted by Crippen LogP contribution is -2.14. The van der Waals surface area contributed by atoms with Crippen LogP contribution in [0.1, 0.15) is 13.8 Å². The standard InChI is InChI=1S/C6H7F3O2/c1-3(5(10)11)4(2)6(7,8)9/h1-2H3,(H,10,11). The molecule has 0 atom stereocenters. The molecule has 11 heavy (non-hydrogen) atoms. The van der Waals surface area contributed by atoms with E-state index in [1.165, 1.54) is 0 Å². The van der Waals surface area contributed by atoms with Gasteiger partial charge in [-0.25, -0.2) is 4.79 Å². The molecule has 0 fully saturated rings. The third-order valence-corrected chi connectivity index (χ3v) is 1.31. The zero-order valence-electron chi connectivity index (χ0n) is 5.99. The van der Waals surface area contributed by atoms with Crippen molar-refractivity contribution in [3.8, 4) is 0 Å². The minimum atomic E-state index is -4.54. The van der Waals surface area contributed by atoms with Crippen LogP contribution < -0.4 is 0 Å². The van der Waals surface area contributed by atoms with E-state index in [9.17, 15) is 18.0 Å². The summed E-state index contributed by atoms with van der Waals surface area (Å²) in [5.74, 6) is -1.54. The van der Waals surface area contributed by atoms with Crippen LogP contribution in [-0.4, -0.2) is 17.3 Å². The van der Waals surface area contributed by atoms with E-state index in [0.29, 0.717) is 0 Å². The zero-order valence-corrected chi connectivity index (χ0v) is 5.99. The summed E-state index contributed by atoms with van der Waals surface area (Å²) in [6.07, 6.45) is -4.54. The summed E-state index contributed by atoms with van der Waals surface area (Å²) in [4.78, 5) is 10.0. The van der Waals surface area contributed by atoms with Crippen molar-refractivity contribution in [3.63, 3.8) is 0 Å². The summed E-state index contributed by atoms with van der Waals surface area (Å²) in [7, 11) is 0. The number of halogens is 3. The van der Waals surface area contributed by atoms with Gasteiger partial charge in [-0.05, 0) is 13.8 Å². The Kier molecular flexibility index (Phi) is 2.67. The summed E-state index contributed by atoms with van der Waals surface area (Å²) in [6, 6.07) is 0. The number of rotatable bonds is 1. The van der Waals surface area contributed by atoms with Crippen molar-refractivity contribution in [2.24, 2.45) is 0 Å². The molecule has 0 bridgehead atoms. The van der Waals surface area contributed by atoms with Gasteiger partial charge in [0, 0.05) is 11.1 Å². The van der Waals surface area contributed by atoms with E-state index in [-0.39, 0.29) is 0 Å². The highest BCUT2D eigenvalue weighted by molar-refractivity contribution is 5.86. The molecule has 0 amide bonds. The van der Waals surface area contributed by atoms with E-state index in [2.05, 4.69) is 0 Å². The Bertz CT molecular complexity index is 202. The molecule has 0 unspecified atom stereocenters. The second-order valence-electron chi connectivity index (χ2n) is 2.05. The SMILES string of the molecule is CC(C(=O)O)=C(C)C(F)(F)F. The van der Waals surface area contributed by atoms with Crippen LogP contribution in [0.15, 0.2) is 11.1 Å². The molecule has 0 aromatic heterocycles. The van der Waals surface area contributed by atoms with Crippen LogP contribution in [0.3, 0.4) is 0 Å². The first kappa shape index (κ1) is 10.0. The topological polar surface area (TPSA) is 37.3 Å². The van der Waals surface area contributed by atoms with Gasteiger partial charge in [0.15, 0.2) is 0 Å². The fourth-order valence-electron chi connectivity index (χ4n) is 0.373. The molecular weight excluding hydrogens is 161 g/mol. The van der Waals surface area contributed by atoms with Crippen LogP contribution in [-0.2, 0) is 4.79 Å². The molecule has 0 rings (SSSR count). The van der Waals surface area contributed by atoms with Gasteiger partial charge in [-0.15, -0.1) is 0 Å². The number of carboxylic acids is 1. The molecule has 0 spiro atoms. The van der Waals surface area contributed by atoms with E-state index >= 15 is 0 Å². The van der Waals surface area contributed by atoms with Gasteiger partial charge in [0.05, 0.1) is 0 Å². The first-order chi connectivity index (χ1) is 4.76. The van der Waals surface area contributed by atoms with E-state index < -0.39 is 23.3 Å². The largest absolute Gasteiger partial charge is 0.478 e. The highest BCUT2D eigenvalue weighted by Crippen LogP contribution is 2.27. The van der Waals surface area contributed by atoms with Crippen molar-refractivity contribution in [1.29, 1.82) is 0 Å². The molecular formula is C6H7F3O2. The molecule has 0 saturated carbocycles. The Morgan fingerprint density at radius 1 is 1.27 bits per heavy atom. The van der Waals surface area contributed by atoms with E-state index in [0.717, 1.165) is 13.8 Å². The molecule has 0 saturated heterocycles. The van der Waals surface area contributed by atoms with Gasteiger partial charge in [-0.3, -0.25) is 0 Å². The highest BCUT2D eigenvalue weighted by atomic mass is 19.4. The Hall–Kier alpha value is -1.00. The van der Waals surface area contributed by atoms with Crippen molar-refractivity contribution in [2.45, 2.75) is 20.0 Å². The highest BCUT2D eigenvalue weighted by Gasteiger charge is 2.33. The lowest BCUT2D eigenvalue weighted by molar-refractivity contribution is -0.134. The van der Waals surface area contributed by atoms with Crippen LogP contribution in [0.25, 0.3) is 0 Å². The summed E-state index contributed by atoms with van der Waals surface area (Å²) in [6.45, 7) is 1.66. The third-order valence-electron chi connectivity index (χ3n) is 1.31. The molecule has 5 heteroatoms. The molecule has 0 aliphatic rings. The third kappa shape index (κ3) is 2.61. The van der Waals surface area contributed by atoms with Crippen LogP contribution in [0.5, 0.6) is 0 Å². The summed E-state index contributed by atoms with van der Waals surface area (Å²) in [5, 5.41) is 8.16. The number of hydrogen-bond acceptors (Lipinski definition) is 1. The van der Waals surface area contributed by atoms with Crippen LogP contribution in [0.2, 0.25) is 0 Å². The molecule has 2 nitrogen and oxygen atoms in total. The number of alkyl halides is 3. The minimum Gasteiger partial charge on any atom is -0.478 e. The fourth-order valence-corrected chi connectivity index (χ4v) is 0.373. The molecule has 0 aromatic rings. The van der Waals surface area contributed by atoms with Gasteiger partial charge in [0.2, 0.25) is 0 Å². The maximum atomic E-state index is 11.7. The average Bonchev–Trinajstić information content (AvgIpc) is 1.82. The predicted molar refractivity (Wildman–Crippen MR) is 32.1 cm³/mol. The lowest BCUT2D eigenvalue weighted by atomic mass is 10.1. The fraction of sp³-hybridized carbons (Fsp3) is 0.500. The van der Waals surface area contributed by atoms with Gasteiger partial charge in [-0.2, -0.15) is 13.2 Å². The number of aliphatic carboxylic acids is 1. The first-order valence-electron chi connectivity index (χ1n) is 2.74. The number of carboxylic acid groups (broad SMARTS) is 1. The Morgan fingerprint density at radius 2 is 1.64 bits per heavy atom. The number of carbonyl (C=O) groups is 1. The first-order valence-corrected chi connectivity index (χ1v) is 2.74. The van der Waals surface area contributed by atoms with Crippen LogP contribution in [0.4, 0.5) is 13.2 Å².